The first kappa shape index (κ1) is 15.9. The highest BCUT2D eigenvalue weighted by molar-refractivity contribution is 4.96. The van der Waals surface area contributed by atoms with Crippen LogP contribution in [0.15, 0.2) is 0 Å². The van der Waals surface area contributed by atoms with Gasteiger partial charge < -0.3 is 16.2 Å². The standard InChI is InChI=1S/C13H30N2O/c1-6-12(14,7-2)10-11(16-5)13(15,8-3)9-4/h11H,6-10,14-15H2,1-5H3. The van der Waals surface area contributed by atoms with Crippen molar-refractivity contribution < 1.29 is 4.74 Å². The van der Waals surface area contributed by atoms with Gasteiger partial charge in [0, 0.05) is 18.2 Å². The number of hydrogen-bond acceptors (Lipinski definition) is 3. The van der Waals surface area contributed by atoms with Gasteiger partial charge in [-0.1, -0.05) is 27.7 Å². The summed E-state index contributed by atoms with van der Waals surface area (Å²) in [6.07, 6.45) is 4.67. The van der Waals surface area contributed by atoms with Crippen molar-refractivity contribution in [3.63, 3.8) is 0 Å². The van der Waals surface area contributed by atoms with E-state index in [1.165, 1.54) is 0 Å². The fourth-order valence-corrected chi connectivity index (χ4v) is 2.13. The van der Waals surface area contributed by atoms with Gasteiger partial charge in [0.15, 0.2) is 0 Å². The first-order valence-corrected chi connectivity index (χ1v) is 6.51. The molecule has 3 nitrogen and oxygen atoms in total. The van der Waals surface area contributed by atoms with E-state index in [0.717, 1.165) is 32.1 Å². The lowest BCUT2D eigenvalue weighted by molar-refractivity contribution is 0.00700. The van der Waals surface area contributed by atoms with Crippen LogP contribution in [0.2, 0.25) is 0 Å². The van der Waals surface area contributed by atoms with Gasteiger partial charge in [-0.25, -0.2) is 0 Å². The van der Waals surface area contributed by atoms with Crippen LogP contribution < -0.4 is 11.5 Å². The third-order valence-corrected chi connectivity index (χ3v) is 4.24. The molecule has 0 heterocycles. The van der Waals surface area contributed by atoms with Crippen molar-refractivity contribution in [1.29, 1.82) is 0 Å². The summed E-state index contributed by atoms with van der Waals surface area (Å²) in [6, 6.07) is 0. The normalized spacial score (nSPS) is 15.2. The molecule has 0 spiro atoms. The van der Waals surface area contributed by atoms with Gasteiger partial charge in [-0.2, -0.15) is 0 Å². The van der Waals surface area contributed by atoms with Crippen LogP contribution in [-0.2, 0) is 4.74 Å². The van der Waals surface area contributed by atoms with Gasteiger partial charge in [0.05, 0.1) is 6.10 Å². The van der Waals surface area contributed by atoms with E-state index in [0.29, 0.717) is 0 Å². The summed E-state index contributed by atoms with van der Waals surface area (Å²) in [5.74, 6) is 0. The Kier molecular flexibility index (Phi) is 6.53. The molecular weight excluding hydrogens is 200 g/mol. The highest BCUT2D eigenvalue weighted by Crippen LogP contribution is 2.28. The predicted molar refractivity (Wildman–Crippen MR) is 70.4 cm³/mol. The van der Waals surface area contributed by atoms with E-state index in [1.54, 1.807) is 7.11 Å². The average Bonchev–Trinajstić information content (AvgIpc) is 2.34. The molecule has 0 fully saturated rings. The molecule has 0 saturated carbocycles. The van der Waals surface area contributed by atoms with Gasteiger partial charge in [-0.3, -0.25) is 0 Å². The molecule has 0 aliphatic heterocycles. The molecule has 0 aliphatic carbocycles. The lowest BCUT2D eigenvalue weighted by Gasteiger charge is -2.40. The van der Waals surface area contributed by atoms with Gasteiger partial charge in [0.2, 0.25) is 0 Å². The van der Waals surface area contributed by atoms with Gasteiger partial charge in [0.25, 0.3) is 0 Å². The van der Waals surface area contributed by atoms with Crippen LogP contribution in [0, 0.1) is 0 Å². The highest BCUT2D eigenvalue weighted by atomic mass is 16.5. The largest absolute Gasteiger partial charge is 0.379 e. The quantitative estimate of drug-likeness (QED) is 0.673. The predicted octanol–water partition coefficient (Wildman–Crippen LogP) is 2.43. The minimum Gasteiger partial charge on any atom is -0.379 e. The Morgan fingerprint density at radius 2 is 1.38 bits per heavy atom. The van der Waals surface area contributed by atoms with Crippen molar-refractivity contribution in [2.24, 2.45) is 11.5 Å². The van der Waals surface area contributed by atoms with Crippen LogP contribution in [-0.4, -0.2) is 24.3 Å². The highest BCUT2D eigenvalue weighted by Gasteiger charge is 2.36. The monoisotopic (exact) mass is 230 g/mol. The summed E-state index contributed by atoms with van der Waals surface area (Å²) < 4.78 is 5.59. The number of rotatable bonds is 8. The Labute approximate surface area is 101 Å². The van der Waals surface area contributed by atoms with Crippen molar-refractivity contribution >= 4 is 0 Å². The average molecular weight is 230 g/mol. The van der Waals surface area contributed by atoms with Crippen LogP contribution in [0.3, 0.4) is 0 Å². The second-order valence-corrected chi connectivity index (χ2v) is 4.94. The molecule has 0 aromatic carbocycles. The van der Waals surface area contributed by atoms with Gasteiger partial charge >= 0.3 is 0 Å². The lowest BCUT2D eigenvalue weighted by Crippen LogP contribution is -2.55. The summed E-state index contributed by atoms with van der Waals surface area (Å²) >= 11 is 0. The molecule has 0 aromatic heterocycles. The Morgan fingerprint density at radius 3 is 1.62 bits per heavy atom. The van der Waals surface area contributed by atoms with Crippen molar-refractivity contribution in [1.82, 2.24) is 0 Å². The van der Waals surface area contributed by atoms with Crippen LogP contribution in [0.25, 0.3) is 0 Å². The first-order valence-electron chi connectivity index (χ1n) is 6.51. The summed E-state index contributed by atoms with van der Waals surface area (Å²) in [5.41, 5.74) is 12.3. The minimum absolute atomic E-state index is 0.0485. The lowest BCUT2D eigenvalue weighted by atomic mass is 9.78. The minimum atomic E-state index is -0.246. The molecule has 1 atom stereocenters. The number of ether oxygens (including phenoxy) is 1. The van der Waals surface area contributed by atoms with Gasteiger partial charge in [-0.15, -0.1) is 0 Å². The van der Waals surface area contributed by atoms with Crippen LogP contribution in [0.4, 0.5) is 0 Å². The molecule has 4 N–H and O–H groups in total. The molecule has 0 radical (unpaired) electrons. The van der Waals surface area contributed by atoms with E-state index in [4.69, 9.17) is 16.2 Å². The number of nitrogens with two attached hydrogens (primary N) is 2. The maximum absolute atomic E-state index is 6.39. The fourth-order valence-electron chi connectivity index (χ4n) is 2.13. The molecule has 98 valence electrons. The zero-order chi connectivity index (χ0) is 12.8. The summed E-state index contributed by atoms with van der Waals surface area (Å²) in [6.45, 7) is 8.50. The fraction of sp³-hybridized carbons (Fsp3) is 1.00. The van der Waals surface area contributed by atoms with E-state index in [1.807, 2.05) is 0 Å². The Bertz CT molecular complexity index is 186. The Hall–Kier alpha value is -0.120. The summed E-state index contributed by atoms with van der Waals surface area (Å²) in [4.78, 5) is 0. The molecule has 0 saturated heterocycles. The molecular formula is C13H30N2O. The molecule has 1 unspecified atom stereocenters. The number of methoxy groups -OCH3 is 1. The third kappa shape index (κ3) is 3.72. The van der Waals surface area contributed by atoms with Crippen LogP contribution >= 0.6 is 0 Å². The zero-order valence-electron chi connectivity index (χ0n) is 11.7. The van der Waals surface area contributed by atoms with E-state index < -0.39 is 0 Å². The SMILES string of the molecule is CCC(N)(CC)CC(OC)C(N)(CC)CC. The summed E-state index contributed by atoms with van der Waals surface area (Å²) in [7, 11) is 1.74. The van der Waals surface area contributed by atoms with Crippen LogP contribution in [0.1, 0.15) is 59.8 Å². The first-order chi connectivity index (χ1) is 7.41. The van der Waals surface area contributed by atoms with Crippen molar-refractivity contribution in [3.05, 3.63) is 0 Å². The molecule has 0 amide bonds. The van der Waals surface area contributed by atoms with Crippen LogP contribution in [0.5, 0.6) is 0 Å². The Balaban J connectivity index is 4.74. The van der Waals surface area contributed by atoms with Crippen molar-refractivity contribution in [3.8, 4) is 0 Å². The second-order valence-electron chi connectivity index (χ2n) is 4.94. The molecule has 0 aliphatic rings. The maximum Gasteiger partial charge on any atom is 0.0767 e. The zero-order valence-corrected chi connectivity index (χ0v) is 11.7. The Morgan fingerprint density at radius 1 is 0.938 bits per heavy atom. The van der Waals surface area contributed by atoms with Crippen molar-refractivity contribution in [2.45, 2.75) is 77.0 Å². The molecule has 0 rings (SSSR count). The van der Waals surface area contributed by atoms with Crippen molar-refractivity contribution in [2.75, 3.05) is 7.11 Å². The topological polar surface area (TPSA) is 61.3 Å². The summed E-state index contributed by atoms with van der Waals surface area (Å²) in [5, 5.41) is 0. The third-order valence-electron chi connectivity index (χ3n) is 4.24. The molecule has 0 bridgehead atoms. The molecule has 16 heavy (non-hydrogen) atoms. The molecule has 0 aromatic rings. The van der Waals surface area contributed by atoms with E-state index in [-0.39, 0.29) is 17.2 Å². The second kappa shape index (κ2) is 6.58. The van der Waals surface area contributed by atoms with E-state index >= 15 is 0 Å². The number of hydrogen-bond donors (Lipinski definition) is 2. The van der Waals surface area contributed by atoms with Gasteiger partial charge in [0.1, 0.15) is 0 Å². The van der Waals surface area contributed by atoms with Gasteiger partial charge in [-0.05, 0) is 32.1 Å². The maximum atomic E-state index is 6.39. The van der Waals surface area contributed by atoms with E-state index in [2.05, 4.69) is 27.7 Å². The smallest absolute Gasteiger partial charge is 0.0767 e. The molecule has 3 heteroatoms. The van der Waals surface area contributed by atoms with E-state index in [9.17, 15) is 0 Å².